The van der Waals surface area contributed by atoms with Crippen LogP contribution >= 0.6 is 0 Å². The fourth-order valence-corrected chi connectivity index (χ4v) is 6.15. The Morgan fingerprint density at radius 1 is 1.17 bits per heavy atom. The zero-order chi connectivity index (χ0) is 29.2. The Hall–Kier alpha value is -3.10. The second-order valence-corrected chi connectivity index (χ2v) is 11.5. The van der Waals surface area contributed by atoms with Crippen molar-refractivity contribution in [3.05, 3.63) is 60.4 Å². The highest BCUT2D eigenvalue weighted by atomic mass is 16.7. The Morgan fingerprint density at radius 3 is 2.68 bits per heavy atom. The van der Waals surface area contributed by atoms with Gasteiger partial charge >= 0.3 is 0 Å². The number of carbonyl (C=O) groups is 1. The van der Waals surface area contributed by atoms with E-state index in [0.717, 1.165) is 76.0 Å². The number of likely N-dealkylation sites (tertiary alicyclic amines) is 1. The molecule has 0 N–H and O–H groups in total. The Bertz CT molecular complexity index is 1130. The van der Waals surface area contributed by atoms with Gasteiger partial charge < -0.3 is 24.0 Å². The highest BCUT2D eigenvalue weighted by Crippen LogP contribution is 2.47. The van der Waals surface area contributed by atoms with Gasteiger partial charge in [0.15, 0.2) is 11.5 Å². The maximum Gasteiger partial charge on any atom is 0.236 e. The van der Waals surface area contributed by atoms with Crippen LogP contribution in [0.2, 0.25) is 0 Å². The number of fused-ring (bicyclic) bond motifs is 1. The minimum absolute atomic E-state index is 0.154. The Kier molecular flexibility index (Phi) is 11.5. The molecule has 1 amide bonds. The molecular weight excluding hydrogens is 516 g/mol. The molecule has 1 aromatic heterocycles. The first-order chi connectivity index (χ1) is 19.9. The first kappa shape index (κ1) is 30.8. The molecule has 4 rings (SSSR count). The zero-order valence-electron chi connectivity index (χ0n) is 25.4. The molecule has 1 fully saturated rings. The number of aromatic nitrogens is 1. The molecule has 224 valence electrons. The van der Waals surface area contributed by atoms with Crippen molar-refractivity contribution >= 4 is 5.91 Å². The molecular formula is C33H48N4O4. The molecule has 8 nitrogen and oxygen atoms in total. The third-order valence-electron chi connectivity index (χ3n) is 8.37. The fraction of sp³-hybridized carbons (Fsp3) is 0.576. The van der Waals surface area contributed by atoms with Gasteiger partial charge in [0, 0.05) is 49.4 Å². The first-order valence-electron chi connectivity index (χ1n) is 15.1. The highest BCUT2D eigenvalue weighted by Gasteiger charge is 2.42. The number of nitrogens with zero attached hydrogens (tertiary/aromatic N) is 4. The van der Waals surface area contributed by atoms with Crippen LogP contribution in [0, 0.1) is 5.92 Å². The van der Waals surface area contributed by atoms with Crippen molar-refractivity contribution in [3.63, 3.8) is 0 Å². The smallest absolute Gasteiger partial charge is 0.236 e. The van der Waals surface area contributed by atoms with E-state index in [2.05, 4.69) is 71.6 Å². The van der Waals surface area contributed by atoms with Gasteiger partial charge in [0.2, 0.25) is 18.4 Å². The molecule has 2 aromatic rings. The average molecular weight is 565 g/mol. The number of hydrogen-bond donors (Lipinski definition) is 0. The number of benzene rings is 1. The van der Waals surface area contributed by atoms with Crippen molar-refractivity contribution in [3.8, 4) is 17.2 Å². The lowest BCUT2D eigenvalue weighted by Gasteiger charge is -2.30. The average Bonchev–Trinajstić information content (AvgIpc) is 3.59. The molecule has 0 bridgehead atoms. The van der Waals surface area contributed by atoms with Crippen LogP contribution < -0.4 is 14.2 Å². The van der Waals surface area contributed by atoms with Gasteiger partial charge in [-0.05, 0) is 82.6 Å². The third kappa shape index (κ3) is 8.01. The Morgan fingerprint density at radius 2 is 1.98 bits per heavy atom. The molecule has 2 aliphatic heterocycles. The molecule has 0 aliphatic carbocycles. The largest absolute Gasteiger partial charge is 0.493 e. The number of amides is 1. The maximum atomic E-state index is 13.8. The molecule has 3 heterocycles. The summed E-state index contributed by atoms with van der Waals surface area (Å²) in [6.45, 7) is 10.5. The van der Waals surface area contributed by atoms with Gasteiger partial charge in [-0.1, -0.05) is 25.5 Å². The summed E-state index contributed by atoms with van der Waals surface area (Å²) in [5.41, 5.74) is 2.19. The van der Waals surface area contributed by atoms with Crippen molar-refractivity contribution in [1.29, 1.82) is 0 Å². The van der Waals surface area contributed by atoms with Crippen LogP contribution in [0.5, 0.6) is 17.2 Å². The molecule has 0 spiro atoms. The molecule has 2 aliphatic rings. The van der Waals surface area contributed by atoms with Crippen molar-refractivity contribution < 1.29 is 19.0 Å². The fourth-order valence-electron chi connectivity index (χ4n) is 6.15. The summed E-state index contributed by atoms with van der Waals surface area (Å²) >= 11 is 0. The van der Waals surface area contributed by atoms with Gasteiger partial charge in [0.1, 0.15) is 0 Å². The van der Waals surface area contributed by atoms with Crippen LogP contribution in [0.25, 0.3) is 0 Å². The molecule has 8 heteroatoms. The van der Waals surface area contributed by atoms with Crippen LogP contribution in [0.3, 0.4) is 0 Å². The van der Waals surface area contributed by atoms with E-state index in [1.807, 2.05) is 18.3 Å². The normalized spacial score (nSPS) is 20.0. The number of pyridine rings is 1. The summed E-state index contributed by atoms with van der Waals surface area (Å²) in [5.74, 6) is 2.59. The summed E-state index contributed by atoms with van der Waals surface area (Å²) in [4.78, 5) is 25.1. The van der Waals surface area contributed by atoms with E-state index in [0.29, 0.717) is 23.8 Å². The second-order valence-electron chi connectivity index (χ2n) is 11.5. The second kappa shape index (κ2) is 15.2. The van der Waals surface area contributed by atoms with E-state index in [1.54, 1.807) is 7.11 Å². The van der Waals surface area contributed by atoms with Crippen molar-refractivity contribution in [1.82, 2.24) is 19.7 Å². The van der Waals surface area contributed by atoms with Crippen LogP contribution in [0.4, 0.5) is 0 Å². The summed E-state index contributed by atoms with van der Waals surface area (Å²) in [7, 11) is 5.85. The monoisotopic (exact) mass is 564 g/mol. The predicted octanol–water partition coefficient (Wildman–Crippen LogP) is 4.99. The summed E-state index contributed by atoms with van der Waals surface area (Å²) in [5, 5.41) is 0. The van der Waals surface area contributed by atoms with Crippen LogP contribution in [-0.2, 0) is 11.2 Å². The highest BCUT2D eigenvalue weighted by molar-refractivity contribution is 5.78. The van der Waals surface area contributed by atoms with E-state index in [9.17, 15) is 4.79 Å². The van der Waals surface area contributed by atoms with E-state index < -0.39 is 0 Å². The lowest BCUT2D eigenvalue weighted by molar-refractivity contribution is -0.133. The van der Waals surface area contributed by atoms with Gasteiger partial charge in [-0.2, -0.15) is 0 Å². The summed E-state index contributed by atoms with van der Waals surface area (Å²) in [6, 6.07) is 10.4. The van der Waals surface area contributed by atoms with Gasteiger partial charge in [-0.3, -0.25) is 14.7 Å². The number of rotatable bonds is 16. The number of methoxy groups -OCH3 is 1. The molecule has 0 unspecified atom stereocenters. The lowest BCUT2D eigenvalue weighted by atomic mass is 9.83. The van der Waals surface area contributed by atoms with Gasteiger partial charge in [-0.25, -0.2) is 0 Å². The SMILES string of the molecule is C=C[C@@H]1[C@@H](c2cc(OC)c3c(c2)OCO3)CN(CC(=O)N(CCCC)CCCCN(C)C)[C@H]1CCc1ccccn1. The molecule has 1 aromatic carbocycles. The Balaban J connectivity index is 1.55. The number of unbranched alkanes of at least 4 members (excludes halogenated alkanes) is 2. The van der Waals surface area contributed by atoms with Gasteiger partial charge in [0.05, 0.1) is 13.7 Å². The van der Waals surface area contributed by atoms with Crippen molar-refractivity contribution in [2.24, 2.45) is 5.92 Å². The molecule has 0 saturated carbocycles. The minimum atomic E-state index is 0.154. The molecule has 1 saturated heterocycles. The summed E-state index contributed by atoms with van der Waals surface area (Å²) < 4.78 is 17.1. The minimum Gasteiger partial charge on any atom is -0.493 e. The van der Waals surface area contributed by atoms with Crippen molar-refractivity contribution in [2.45, 2.75) is 57.4 Å². The van der Waals surface area contributed by atoms with E-state index in [-0.39, 0.29) is 30.6 Å². The van der Waals surface area contributed by atoms with Gasteiger partial charge in [-0.15, -0.1) is 6.58 Å². The van der Waals surface area contributed by atoms with Crippen molar-refractivity contribution in [2.75, 3.05) is 60.7 Å². The van der Waals surface area contributed by atoms with Crippen LogP contribution in [0.1, 0.15) is 56.2 Å². The number of ether oxygens (including phenoxy) is 3. The van der Waals surface area contributed by atoms with E-state index in [1.165, 1.54) is 0 Å². The van der Waals surface area contributed by atoms with E-state index >= 15 is 0 Å². The summed E-state index contributed by atoms with van der Waals surface area (Å²) in [6.07, 6.45) is 9.88. The number of aryl methyl sites for hydroxylation is 1. The molecule has 3 atom stereocenters. The molecule has 41 heavy (non-hydrogen) atoms. The maximum absolute atomic E-state index is 13.8. The topological polar surface area (TPSA) is 67.4 Å². The Labute approximate surface area is 246 Å². The van der Waals surface area contributed by atoms with Crippen LogP contribution in [-0.4, -0.2) is 92.4 Å². The zero-order valence-corrected chi connectivity index (χ0v) is 25.4. The quantitative estimate of drug-likeness (QED) is 0.210. The molecule has 0 radical (unpaired) electrons. The standard InChI is InChI=1S/C33H48N4O4/c1-6-8-18-36(19-12-11-17-35(3)4)32(38)23-37-22-28(25-20-30(39-5)33-31(21-25)40-24-41-33)27(7-2)29(37)15-14-26-13-9-10-16-34-26/h7,9-10,13,16,20-21,27-29H,2,6,8,11-12,14-15,17-19,22-24H2,1,3-5H3/t27-,28-,29+/m1/s1. The van der Waals surface area contributed by atoms with E-state index in [4.69, 9.17) is 14.2 Å². The first-order valence-corrected chi connectivity index (χ1v) is 15.1. The number of carbonyl (C=O) groups excluding carboxylic acids is 1. The van der Waals surface area contributed by atoms with Crippen LogP contribution in [0.15, 0.2) is 49.2 Å². The third-order valence-corrected chi connectivity index (χ3v) is 8.37. The van der Waals surface area contributed by atoms with Gasteiger partial charge in [0.25, 0.3) is 0 Å². The number of hydrogen-bond acceptors (Lipinski definition) is 7. The predicted molar refractivity (Wildman–Crippen MR) is 163 cm³/mol. The lowest BCUT2D eigenvalue weighted by Crippen LogP contribution is -2.44.